The highest BCUT2D eigenvalue weighted by Gasteiger charge is 2.22. The molecule has 0 heterocycles. The van der Waals surface area contributed by atoms with Gasteiger partial charge in [0.1, 0.15) is 6.04 Å². The van der Waals surface area contributed by atoms with Crippen molar-refractivity contribution in [2.24, 2.45) is 0 Å². The van der Waals surface area contributed by atoms with Crippen LogP contribution in [0.1, 0.15) is 30.1 Å². The molecule has 20 heavy (non-hydrogen) atoms. The third-order valence-electron chi connectivity index (χ3n) is 3.17. The van der Waals surface area contributed by atoms with Crippen LogP contribution in [0.2, 0.25) is 0 Å². The zero-order chi connectivity index (χ0) is 14.5. The summed E-state index contributed by atoms with van der Waals surface area (Å²) < 4.78 is 0.970. The fourth-order valence-electron chi connectivity index (χ4n) is 2.12. The van der Waals surface area contributed by atoms with E-state index in [1.165, 1.54) is 0 Å². The topological polar surface area (TPSA) is 49.3 Å². The van der Waals surface area contributed by atoms with Crippen molar-refractivity contribution in [1.82, 2.24) is 5.32 Å². The molecule has 2 aromatic carbocycles. The molecule has 0 fully saturated rings. The summed E-state index contributed by atoms with van der Waals surface area (Å²) >= 11 is 3.49. The van der Waals surface area contributed by atoms with Gasteiger partial charge in [-0.1, -0.05) is 64.5 Å². The summed E-state index contributed by atoms with van der Waals surface area (Å²) in [5, 5.41) is 12.6. The third-order valence-corrected chi connectivity index (χ3v) is 3.89. The largest absolute Gasteiger partial charge is 0.480 e. The van der Waals surface area contributed by atoms with Crippen molar-refractivity contribution >= 4 is 21.9 Å². The van der Waals surface area contributed by atoms with Crippen molar-refractivity contribution in [3.8, 4) is 0 Å². The molecule has 1 unspecified atom stereocenters. The molecule has 2 N–H and O–H groups in total. The average molecular weight is 334 g/mol. The summed E-state index contributed by atoms with van der Waals surface area (Å²) in [7, 11) is 0. The number of carbonyl (C=O) groups is 1. The molecule has 104 valence electrons. The predicted octanol–water partition coefficient (Wildman–Crippen LogP) is 3.93. The lowest BCUT2D eigenvalue weighted by molar-refractivity contribution is -0.139. The minimum atomic E-state index is -0.880. The molecule has 0 bridgehead atoms. The lowest BCUT2D eigenvalue weighted by Crippen LogP contribution is -2.30. The van der Waals surface area contributed by atoms with Gasteiger partial charge in [-0.3, -0.25) is 10.1 Å². The van der Waals surface area contributed by atoms with Gasteiger partial charge in [-0.2, -0.15) is 0 Å². The number of hydrogen-bond donors (Lipinski definition) is 2. The van der Waals surface area contributed by atoms with Gasteiger partial charge in [-0.25, -0.2) is 0 Å². The molecule has 0 saturated carbocycles. The first-order valence-electron chi connectivity index (χ1n) is 6.38. The zero-order valence-electron chi connectivity index (χ0n) is 11.1. The molecular weight excluding hydrogens is 318 g/mol. The number of halogens is 1. The van der Waals surface area contributed by atoms with Crippen LogP contribution in [-0.4, -0.2) is 11.1 Å². The standard InChI is InChI=1S/C16H16BrNO2/c1-11(13-9-5-6-10-14(13)17)18-15(16(19)20)12-7-3-2-4-8-12/h2-11,15,18H,1H3,(H,19,20)/t11-,15?/m1/s1. The Bertz CT molecular complexity index is 586. The molecule has 0 aliphatic carbocycles. The van der Waals surface area contributed by atoms with Gasteiger partial charge >= 0.3 is 5.97 Å². The van der Waals surface area contributed by atoms with Crippen molar-refractivity contribution < 1.29 is 9.90 Å². The summed E-state index contributed by atoms with van der Waals surface area (Å²) in [5.74, 6) is -0.880. The highest BCUT2D eigenvalue weighted by molar-refractivity contribution is 9.10. The molecule has 0 amide bonds. The van der Waals surface area contributed by atoms with Crippen LogP contribution in [0.4, 0.5) is 0 Å². The van der Waals surface area contributed by atoms with Crippen molar-refractivity contribution in [3.05, 3.63) is 70.2 Å². The van der Waals surface area contributed by atoms with E-state index in [1.54, 1.807) is 0 Å². The van der Waals surface area contributed by atoms with Crippen molar-refractivity contribution in [2.75, 3.05) is 0 Å². The molecule has 3 nitrogen and oxygen atoms in total. The summed E-state index contributed by atoms with van der Waals surface area (Å²) in [6.45, 7) is 1.96. The highest BCUT2D eigenvalue weighted by atomic mass is 79.9. The number of carboxylic acids is 1. The van der Waals surface area contributed by atoms with Crippen molar-refractivity contribution in [2.45, 2.75) is 19.0 Å². The maximum atomic E-state index is 11.5. The number of aliphatic carboxylic acids is 1. The van der Waals surface area contributed by atoms with E-state index in [0.717, 1.165) is 15.6 Å². The van der Waals surface area contributed by atoms with E-state index >= 15 is 0 Å². The van der Waals surface area contributed by atoms with Crippen molar-refractivity contribution in [1.29, 1.82) is 0 Å². The average Bonchev–Trinajstić information content (AvgIpc) is 2.45. The number of hydrogen-bond acceptors (Lipinski definition) is 2. The van der Waals surface area contributed by atoms with Crippen LogP contribution >= 0.6 is 15.9 Å². The quantitative estimate of drug-likeness (QED) is 0.871. The minimum absolute atomic E-state index is 0.0770. The smallest absolute Gasteiger partial charge is 0.325 e. The fraction of sp³-hybridized carbons (Fsp3) is 0.188. The molecule has 4 heteroatoms. The van der Waals surface area contributed by atoms with E-state index in [-0.39, 0.29) is 6.04 Å². The number of benzene rings is 2. The molecule has 2 atom stereocenters. The Morgan fingerprint density at radius 2 is 1.70 bits per heavy atom. The van der Waals surface area contributed by atoms with Crippen LogP contribution in [-0.2, 0) is 4.79 Å². The summed E-state index contributed by atoms with van der Waals surface area (Å²) in [6, 6.07) is 16.2. The molecule has 0 spiro atoms. The molecular formula is C16H16BrNO2. The van der Waals surface area contributed by atoms with Gasteiger partial charge in [0, 0.05) is 10.5 Å². The normalized spacial score (nSPS) is 13.7. The zero-order valence-corrected chi connectivity index (χ0v) is 12.7. The Kier molecular flexibility index (Phi) is 4.93. The summed E-state index contributed by atoms with van der Waals surface area (Å²) in [4.78, 5) is 11.5. The van der Waals surface area contributed by atoms with Crippen LogP contribution in [0, 0.1) is 0 Å². The Hall–Kier alpha value is -1.65. The molecule has 2 rings (SSSR count). The van der Waals surface area contributed by atoms with Crippen LogP contribution in [0.5, 0.6) is 0 Å². The highest BCUT2D eigenvalue weighted by Crippen LogP contribution is 2.25. The summed E-state index contributed by atoms with van der Waals surface area (Å²) in [5.41, 5.74) is 1.79. The van der Waals surface area contributed by atoms with E-state index in [2.05, 4.69) is 21.2 Å². The monoisotopic (exact) mass is 333 g/mol. The number of rotatable bonds is 5. The molecule has 0 aromatic heterocycles. The fourth-order valence-corrected chi connectivity index (χ4v) is 2.75. The Labute approximate surface area is 126 Å². The van der Waals surface area contributed by atoms with E-state index in [0.29, 0.717) is 0 Å². The maximum Gasteiger partial charge on any atom is 0.325 e. The molecule has 0 radical (unpaired) electrons. The van der Waals surface area contributed by atoms with Crippen LogP contribution in [0.25, 0.3) is 0 Å². The lowest BCUT2D eigenvalue weighted by atomic mass is 10.0. The Morgan fingerprint density at radius 1 is 1.10 bits per heavy atom. The molecule has 0 aliphatic rings. The van der Waals surface area contributed by atoms with E-state index in [4.69, 9.17) is 0 Å². The molecule has 0 aliphatic heterocycles. The van der Waals surface area contributed by atoms with Gasteiger partial charge in [0.25, 0.3) is 0 Å². The first-order chi connectivity index (χ1) is 9.59. The molecule has 0 saturated heterocycles. The Balaban J connectivity index is 2.21. The van der Waals surface area contributed by atoms with Crippen LogP contribution in [0.3, 0.4) is 0 Å². The minimum Gasteiger partial charge on any atom is -0.480 e. The van der Waals surface area contributed by atoms with E-state index < -0.39 is 12.0 Å². The SMILES string of the molecule is C[C@@H](NC(C(=O)O)c1ccccc1)c1ccccc1Br. The van der Waals surface area contributed by atoms with Gasteiger partial charge in [0.05, 0.1) is 0 Å². The van der Waals surface area contributed by atoms with Gasteiger partial charge in [0.15, 0.2) is 0 Å². The second kappa shape index (κ2) is 6.68. The molecule has 2 aromatic rings. The van der Waals surface area contributed by atoms with Gasteiger partial charge in [-0.15, -0.1) is 0 Å². The second-order valence-electron chi connectivity index (χ2n) is 4.59. The van der Waals surface area contributed by atoms with Gasteiger partial charge in [0.2, 0.25) is 0 Å². The predicted molar refractivity (Wildman–Crippen MR) is 82.5 cm³/mol. The first kappa shape index (κ1) is 14.8. The van der Waals surface area contributed by atoms with Crippen LogP contribution < -0.4 is 5.32 Å². The second-order valence-corrected chi connectivity index (χ2v) is 5.45. The number of nitrogens with one attached hydrogen (secondary N) is 1. The van der Waals surface area contributed by atoms with E-state index in [1.807, 2.05) is 61.5 Å². The van der Waals surface area contributed by atoms with Gasteiger partial charge in [-0.05, 0) is 24.1 Å². The van der Waals surface area contributed by atoms with Gasteiger partial charge < -0.3 is 5.11 Å². The van der Waals surface area contributed by atoms with Crippen molar-refractivity contribution in [3.63, 3.8) is 0 Å². The summed E-state index contributed by atoms with van der Waals surface area (Å²) in [6.07, 6.45) is 0. The first-order valence-corrected chi connectivity index (χ1v) is 7.17. The van der Waals surface area contributed by atoms with Crippen LogP contribution in [0.15, 0.2) is 59.1 Å². The third kappa shape index (κ3) is 3.46. The maximum absolute atomic E-state index is 11.5. The Morgan fingerprint density at radius 3 is 2.30 bits per heavy atom. The number of carboxylic acid groups (broad SMARTS) is 1. The lowest BCUT2D eigenvalue weighted by Gasteiger charge is -2.21. The van der Waals surface area contributed by atoms with E-state index in [9.17, 15) is 9.90 Å².